The van der Waals surface area contributed by atoms with Gasteiger partial charge in [-0.15, -0.1) is 0 Å². The smallest absolute Gasteiger partial charge is 0.315 e. The molecule has 0 aliphatic heterocycles. The second-order valence-corrected chi connectivity index (χ2v) is 8.23. The molecular formula is C16H24N2O2S. The van der Waals surface area contributed by atoms with E-state index < -0.39 is 6.10 Å². The molecule has 0 spiro atoms. The summed E-state index contributed by atoms with van der Waals surface area (Å²) < 4.78 is 0.207. The maximum absolute atomic E-state index is 11.9. The van der Waals surface area contributed by atoms with Gasteiger partial charge >= 0.3 is 6.03 Å². The van der Waals surface area contributed by atoms with E-state index >= 15 is 0 Å². The van der Waals surface area contributed by atoms with Gasteiger partial charge in [-0.05, 0) is 11.1 Å². The Kier molecular flexibility index (Phi) is 5.17. The number of nitrogens with one attached hydrogen (secondary N) is 2. The fraction of sp³-hybridized carbons (Fsp3) is 0.562. The maximum Gasteiger partial charge on any atom is 0.315 e. The summed E-state index contributed by atoms with van der Waals surface area (Å²) >= 11 is 1.82. The molecule has 0 saturated heterocycles. The molecule has 0 fully saturated rings. The van der Waals surface area contributed by atoms with Crippen molar-refractivity contribution in [3.05, 3.63) is 35.4 Å². The number of hydrogen-bond donors (Lipinski definition) is 3. The topological polar surface area (TPSA) is 61.4 Å². The van der Waals surface area contributed by atoms with Gasteiger partial charge in [-0.3, -0.25) is 0 Å². The molecule has 116 valence electrons. The van der Waals surface area contributed by atoms with Crippen LogP contribution in [-0.2, 0) is 6.42 Å². The third-order valence-electron chi connectivity index (χ3n) is 3.41. The SMILES string of the molecule is CC(C)(C)SCCNC(=O)N[C@H]1c2ccccc2C[C@H]1O. The highest BCUT2D eigenvalue weighted by molar-refractivity contribution is 8.00. The molecule has 2 amide bonds. The van der Waals surface area contributed by atoms with Crippen LogP contribution in [0.5, 0.6) is 0 Å². The molecule has 2 rings (SSSR count). The average Bonchev–Trinajstić information content (AvgIpc) is 2.70. The van der Waals surface area contributed by atoms with Crippen molar-refractivity contribution >= 4 is 17.8 Å². The van der Waals surface area contributed by atoms with Crippen LogP contribution < -0.4 is 10.6 Å². The van der Waals surface area contributed by atoms with Crippen LogP contribution >= 0.6 is 11.8 Å². The highest BCUT2D eigenvalue weighted by atomic mass is 32.2. The van der Waals surface area contributed by atoms with E-state index in [4.69, 9.17) is 0 Å². The van der Waals surface area contributed by atoms with Crippen LogP contribution in [0.1, 0.15) is 37.9 Å². The highest BCUT2D eigenvalue weighted by Gasteiger charge is 2.31. The summed E-state index contributed by atoms with van der Waals surface area (Å²) in [5.74, 6) is 0.876. The molecule has 1 aromatic rings. The highest BCUT2D eigenvalue weighted by Crippen LogP contribution is 2.31. The third kappa shape index (κ3) is 4.64. The van der Waals surface area contributed by atoms with Crippen LogP contribution in [0.25, 0.3) is 0 Å². The lowest BCUT2D eigenvalue weighted by molar-refractivity contribution is 0.142. The zero-order valence-corrected chi connectivity index (χ0v) is 13.7. The molecule has 4 nitrogen and oxygen atoms in total. The zero-order chi connectivity index (χ0) is 15.5. The maximum atomic E-state index is 11.9. The van der Waals surface area contributed by atoms with Crippen LogP contribution in [0.2, 0.25) is 0 Å². The van der Waals surface area contributed by atoms with Gasteiger partial charge in [0.2, 0.25) is 0 Å². The van der Waals surface area contributed by atoms with Crippen LogP contribution in [0.3, 0.4) is 0 Å². The van der Waals surface area contributed by atoms with E-state index in [9.17, 15) is 9.90 Å². The second kappa shape index (κ2) is 6.71. The summed E-state index contributed by atoms with van der Waals surface area (Å²) in [6.07, 6.45) is 0.0539. The molecule has 0 radical (unpaired) electrons. The molecule has 0 unspecified atom stereocenters. The predicted molar refractivity (Wildman–Crippen MR) is 87.6 cm³/mol. The molecule has 5 heteroatoms. The van der Waals surface area contributed by atoms with Gasteiger partial charge in [-0.2, -0.15) is 11.8 Å². The lowest BCUT2D eigenvalue weighted by atomic mass is 10.1. The molecule has 2 atom stereocenters. The van der Waals surface area contributed by atoms with Crippen molar-refractivity contribution in [3.63, 3.8) is 0 Å². The largest absolute Gasteiger partial charge is 0.390 e. The van der Waals surface area contributed by atoms with Gasteiger partial charge in [0.25, 0.3) is 0 Å². The van der Waals surface area contributed by atoms with Crippen molar-refractivity contribution in [3.8, 4) is 0 Å². The number of fused-ring (bicyclic) bond motifs is 1. The molecule has 1 aliphatic carbocycles. The molecule has 0 saturated carbocycles. The second-order valence-electron chi connectivity index (χ2n) is 6.31. The molecule has 0 bridgehead atoms. The number of hydrogen-bond acceptors (Lipinski definition) is 3. The van der Waals surface area contributed by atoms with Crippen molar-refractivity contribution in [2.45, 2.75) is 44.1 Å². The average molecular weight is 308 g/mol. The Hall–Kier alpha value is -1.20. The van der Waals surface area contributed by atoms with Crippen molar-refractivity contribution < 1.29 is 9.90 Å². The quantitative estimate of drug-likeness (QED) is 0.749. The van der Waals surface area contributed by atoms with Gasteiger partial charge in [0, 0.05) is 23.5 Å². The number of aliphatic hydroxyl groups is 1. The van der Waals surface area contributed by atoms with Crippen molar-refractivity contribution in [1.82, 2.24) is 10.6 Å². The number of amides is 2. The number of thioether (sulfide) groups is 1. The Morgan fingerprint density at radius 3 is 2.81 bits per heavy atom. The lowest BCUT2D eigenvalue weighted by Gasteiger charge is -2.20. The van der Waals surface area contributed by atoms with Crippen LogP contribution in [0, 0.1) is 0 Å². The van der Waals surface area contributed by atoms with E-state index in [0.717, 1.165) is 16.9 Å². The molecule has 1 aromatic carbocycles. The van der Waals surface area contributed by atoms with Crippen molar-refractivity contribution in [1.29, 1.82) is 0 Å². The van der Waals surface area contributed by atoms with E-state index in [2.05, 4.69) is 31.4 Å². The van der Waals surface area contributed by atoms with Gasteiger partial charge in [-0.25, -0.2) is 4.79 Å². The molecule has 3 N–H and O–H groups in total. The zero-order valence-electron chi connectivity index (χ0n) is 12.8. The Morgan fingerprint density at radius 2 is 2.10 bits per heavy atom. The third-order valence-corrected chi connectivity index (χ3v) is 4.69. The summed E-state index contributed by atoms with van der Waals surface area (Å²) in [6, 6.07) is 7.33. The minimum atomic E-state index is -0.544. The predicted octanol–water partition coefficient (Wildman–Crippen LogP) is 2.48. The van der Waals surface area contributed by atoms with E-state index in [0.29, 0.717) is 13.0 Å². The number of carbonyl (C=O) groups excluding carboxylic acids is 1. The summed E-state index contributed by atoms with van der Waals surface area (Å²) in [7, 11) is 0. The first-order valence-corrected chi connectivity index (χ1v) is 8.29. The first kappa shape index (κ1) is 16.2. The van der Waals surface area contributed by atoms with E-state index in [-0.39, 0.29) is 16.8 Å². The summed E-state index contributed by atoms with van der Waals surface area (Å²) in [6.45, 7) is 7.09. The molecule has 1 aliphatic rings. The lowest BCUT2D eigenvalue weighted by Crippen LogP contribution is -2.41. The fourth-order valence-electron chi connectivity index (χ4n) is 2.46. The van der Waals surface area contributed by atoms with E-state index in [1.807, 2.05) is 36.0 Å². The normalized spacial score (nSPS) is 21.0. The minimum Gasteiger partial charge on any atom is -0.390 e. The first-order valence-electron chi connectivity index (χ1n) is 7.31. The monoisotopic (exact) mass is 308 g/mol. The van der Waals surface area contributed by atoms with Gasteiger partial charge in [0.1, 0.15) is 0 Å². The first-order chi connectivity index (χ1) is 9.87. The van der Waals surface area contributed by atoms with Crippen LogP contribution in [0.15, 0.2) is 24.3 Å². The Morgan fingerprint density at radius 1 is 1.38 bits per heavy atom. The van der Waals surface area contributed by atoms with Gasteiger partial charge in [0.05, 0.1) is 12.1 Å². The fourth-order valence-corrected chi connectivity index (χ4v) is 3.28. The minimum absolute atomic E-state index is 0.207. The van der Waals surface area contributed by atoms with E-state index in [1.54, 1.807) is 0 Å². The molecular weight excluding hydrogens is 284 g/mol. The Labute approximate surface area is 130 Å². The summed E-state index contributed by atoms with van der Waals surface area (Å²) in [5, 5.41) is 15.8. The summed E-state index contributed by atoms with van der Waals surface area (Å²) in [5.41, 5.74) is 2.13. The number of benzene rings is 1. The number of carbonyl (C=O) groups is 1. The number of aliphatic hydroxyl groups excluding tert-OH is 1. The molecule has 21 heavy (non-hydrogen) atoms. The van der Waals surface area contributed by atoms with Crippen LogP contribution in [-0.4, -0.2) is 34.3 Å². The van der Waals surface area contributed by atoms with Crippen molar-refractivity contribution in [2.24, 2.45) is 0 Å². The number of urea groups is 1. The van der Waals surface area contributed by atoms with Crippen molar-refractivity contribution in [2.75, 3.05) is 12.3 Å². The van der Waals surface area contributed by atoms with Gasteiger partial charge in [-0.1, -0.05) is 45.0 Å². The molecule has 0 heterocycles. The van der Waals surface area contributed by atoms with Crippen LogP contribution in [0.4, 0.5) is 4.79 Å². The Balaban J connectivity index is 1.81. The van der Waals surface area contributed by atoms with Gasteiger partial charge < -0.3 is 15.7 Å². The van der Waals surface area contributed by atoms with E-state index in [1.165, 1.54) is 0 Å². The summed E-state index contributed by atoms with van der Waals surface area (Å²) in [4.78, 5) is 11.9. The standard InChI is InChI=1S/C16H24N2O2S/c1-16(2,3)21-9-8-17-15(20)18-14-12-7-5-4-6-11(12)10-13(14)19/h4-7,13-14,19H,8-10H2,1-3H3,(H2,17,18,20)/t13-,14+/m1/s1. The molecule has 0 aromatic heterocycles. The Bertz CT molecular complexity index is 499. The number of rotatable bonds is 4. The van der Waals surface area contributed by atoms with Gasteiger partial charge in [0.15, 0.2) is 0 Å².